The molecule has 0 radical (unpaired) electrons. The Labute approximate surface area is 558 Å². The van der Waals surface area contributed by atoms with Crippen molar-refractivity contribution in [3.05, 3.63) is 182 Å². The van der Waals surface area contributed by atoms with Gasteiger partial charge in [-0.2, -0.15) is 0 Å². The van der Waals surface area contributed by atoms with Crippen molar-refractivity contribution in [1.82, 2.24) is 0 Å². The Morgan fingerprint density at radius 3 is 0.846 bits per heavy atom. The minimum absolute atomic E-state index is 0.0448. The van der Waals surface area contributed by atoms with E-state index in [2.05, 4.69) is 196 Å². The third kappa shape index (κ3) is 74.0. The van der Waals surface area contributed by atoms with Crippen LogP contribution in [0.3, 0.4) is 0 Å². The first kappa shape index (κ1) is 86.1. The topological polar surface area (TPSA) is 134 Å². The number of hydrogen-bond acceptors (Lipinski definition) is 8. The highest BCUT2D eigenvalue weighted by Crippen LogP contribution is 2.43. The summed E-state index contributed by atoms with van der Waals surface area (Å²) in [6, 6.07) is 0. The molecule has 3 N–H and O–H groups in total. The summed E-state index contributed by atoms with van der Waals surface area (Å²) in [4.78, 5) is 35.4. The summed E-state index contributed by atoms with van der Waals surface area (Å²) in [7, 11) is -4.41. The predicted molar refractivity (Wildman–Crippen MR) is 394 cm³/mol. The van der Waals surface area contributed by atoms with Crippen molar-refractivity contribution in [2.45, 2.75) is 290 Å². The summed E-state index contributed by atoms with van der Waals surface area (Å²) in [5.41, 5.74) is 5.40. The number of unbranched alkanes of at least 4 members (excludes halogenated alkanes) is 23. The molecule has 0 aliphatic rings. The van der Waals surface area contributed by atoms with Gasteiger partial charge in [0.05, 0.1) is 13.2 Å². The van der Waals surface area contributed by atoms with Crippen molar-refractivity contribution >= 4 is 19.8 Å². The van der Waals surface area contributed by atoms with Crippen LogP contribution in [0.25, 0.3) is 0 Å². The molecule has 0 amide bonds. The van der Waals surface area contributed by atoms with Crippen LogP contribution in [0.1, 0.15) is 284 Å². The fourth-order valence-corrected chi connectivity index (χ4v) is 10.3. The minimum atomic E-state index is -4.41. The lowest BCUT2D eigenvalue weighted by Crippen LogP contribution is -2.29. The number of rotatable bonds is 66. The summed E-state index contributed by atoms with van der Waals surface area (Å²) in [6.45, 7) is 3.51. The number of carbonyl (C=O) groups is 2. The molecule has 0 heterocycles. The van der Waals surface area contributed by atoms with Crippen molar-refractivity contribution in [1.29, 1.82) is 0 Å². The summed E-state index contributed by atoms with van der Waals surface area (Å²) in [5.74, 6) is -0.840. The fourth-order valence-electron chi connectivity index (χ4n) is 9.52. The molecule has 2 unspecified atom stereocenters. The van der Waals surface area contributed by atoms with Gasteiger partial charge in [-0.05, 0) is 135 Å². The Kier molecular flexibility index (Phi) is 70.2. The fraction of sp³-hybridized carbons (Fsp3) is 0.605. The zero-order chi connectivity index (χ0) is 65.8. The molecular weight excluding hydrogens is 1150 g/mol. The minimum Gasteiger partial charge on any atom is -0.462 e. The van der Waals surface area contributed by atoms with E-state index in [1.807, 2.05) is 0 Å². The highest BCUT2D eigenvalue weighted by atomic mass is 31.2. The second-order valence-corrected chi connectivity index (χ2v) is 24.8. The summed E-state index contributed by atoms with van der Waals surface area (Å²) in [5, 5.41) is 0. The number of allylic oxidation sites excluding steroid dienone is 30. The molecule has 0 rings (SSSR count). The maximum absolute atomic E-state index is 12.8. The average Bonchev–Trinajstić information content (AvgIpc) is 3.74. The van der Waals surface area contributed by atoms with Crippen molar-refractivity contribution in [2.24, 2.45) is 5.73 Å². The van der Waals surface area contributed by atoms with Gasteiger partial charge in [0.25, 0.3) is 0 Å². The number of esters is 2. The molecule has 0 aromatic heterocycles. The van der Waals surface area contributed by atoms with Gasteiger partial charge in [0.1, 0.15) is 6.61 Å². The van der Waals surface area contributed by atoms with Gasteiger partial charge in [0, 0.05) is 19.4 Å². The van der Waals surface area contributed by atoms with Crippen LogP contribution in [-0.4, -0.2) is 49.3 Å². The van der Waals surface area contributed by atoms with Crippen LogP contribution < -0.4 is 5.73 Å². The van der Waals surface area contributed by atoms with E-state index in [1.165, 1.54) is 103 Å². The standard InChI is InChI=1S/C81H132NO8P/c1-3-5-7-9-11-13-15-17-19-21-23-25-27-29-31-33-34-35-36-37-38-39-40-41-42-43-44-46-48-50-52-54-56-58-60-62-64-66-68-70-72-74-81(84)90-79(78-89-91(85,86)88-76-75-82)77-87-80(83)73-71-69-67-65-63-61-59-57-55-53-51-49-47-45-32-30-28-26-24-22-20-18-16-14-12-10-8-6-4-2/h5-8,11-14,17-20,23-26,29-32,34-35,37-38,40-41,43-44,47,49,79H,3-4,9-10,15-16,21-22,27-28,33,36,39,42,45-46,48,50-78,82H2,1-2H3,(H,85,86)/b7-5-,8-6-,13-11-,14-12-,19-17-,20-18-,25-23-,26-24-,31-29-,32-30-,35-34-,38-37-,41-40-,44-43-,49-47-. The molecule has 0 aliphatic heterocycles. The third-order valence-electron chi connectivity index (χ3n) is 14.8. The quantitative estimate of drug-likeness (QED) is 0.0264. The predicted octanol–water partition coefficient (Wildman–Crippen LogP) is 24.3. The van der Waals surface area contributed by atoms with Gasteiger partial charge in [0.15, 0.2) is 6.10 Å². The van der Waals surface area contributed by atoms with E-state index < -0.39 is 26.5 Å². The van der Waals surface area contributed by atoms with Crippen molar-refractivity contribution < 1.29 is 37.6 Å². The average molecular weight is 1280 g/mol. The van der Waals surface area contributed by atoms with Gasteiger partial charge in [-0.1, -0.05) is 318 Å². The van der Waals surface area contributed by atoms with Crippen LogP contribution in [0.15, 0.2) is 182 Å². The van der Waals surface area contributed by atoms with E-state index in [-0.39, 0.29) is 38.6 Å². The highest BCUT2D eigenvalue weighted by Gasteiger charge is 2.26. The Morgan fingerprint density at radius 1 is 0.330 bits per heavy atom. The SMILES string of the molecule is CC/C=C\C/C=C\C/C=C\C/C=C\C/C=C\C/C=C\C/C=C\C/C=C\C/C=C\CCCCCCCCCCCCCCCC(=O)OC(COC(=O)CCCCCCCCCCCC/C=C\C/C=C\C/C=C\C/C=C\C/C=C\C/C=C\CC)COP(=O)(O)OCCN. The van der Waals surface area contributed by atoms with E-state index in [9.17, 15) is 19.0 Å². The van der Waals surface area contributed by atoms with Crippen LogP contribution in [0.5, 0.6) is 0 Å². The highest BCUT2D eigenvalue weighted by molar-refractivity contribution is 7.47. The normalized spacial score (nSPS) is 14.0. The molecule has 2 atom stereocenters. The van der Waals surface area contributed by atoms with Gasteiger partial charge in [0.2, 0.25) is 0 Å². The van der Waals surface area contributed by atoms with Gasteiger partial charge in [-0.15, -0.1) is 0 Å². The maximum atomic E-state index is 12.8. The number of phosphoric acid groups is 1. The second kappa shape index (κ2) is 74.2. The van der Waals surface area contributed by atoms with E-state index in [1.54, 1.807) is 0 Å². The Hall–Kier alpha value is -4.89. The van der Waals surface area contributed by atoms with Crippen LogP contribution in [-0.2, 0) is 32.7 Å². The first-order chi connectivity index (χ1) is 44.8. The van der Waals surface area contributed by atoms with Crippen LogP contribution in [0.4, 0.5) is 0 Å². The largest absolute Gasteiger partial charge is 0.472 e. The molecule has 0 aromatic rings. The Bertz CT molecular complexity index is 2150. The second-order valence-electron chi connectivity index (χ2n) is 23.3. The first-order valence-electron chi connectivity index (χ1n) is 36.3. The maximum Gasteiger partial charge on any atom is 0.472 e. The van der Waals surface area contributed by atoms with Crippen LogP contribution >= 0.6 is 7.82 Å². The van der Waals surface area contributed by atoms with E-state index in [4.69, 9.17) is 24.3 Å². The molecule has 91 heavy (non-hydrogen) atoms. The smallest absolute Gasteiger partial charge is 0.462 e. The lowest BCUT2D eigenvalue weighted by molar-refractivity contribution is -0.161. The summed E-state index contributed by atoms with van der Waals surface area (Å²) in [6.07, 6.45) is 111. The van der Waals surface area contributed by atoms with Gasteiger partial charge in [-0.3, -0.25) is 18.6 Å². The molecule has 0 bridgehead atoms. The molecule has 0 saturated carbocycles. The third-order valence-corrected chi connectivity index (χ3v) is 15.8. The molecule has 0 aliphatic carbocycles. The molecule has 10 heteroatoms. The van der Waals surface area contributed by atoms with Crippen molar-refractivity contribution in [3.63, 3.8) is 0 Å². The van der Waals surface area contributed by atoms with Gasteiger partial charge < -0.3 is 20.1 Å². The zero-order valence-corrected chi connectivity index (χ0v) is 58.6. The molecule has 0 spiro atoms. The van der Waals surface area contributed by atoms with E-state index in [0.29, 0.717) is 6.42 Å². The van der Waals surface area contributed by atoms with Crippen molar-refractivity contribution in [2.75, 3.05) is 26.4 Å². The van der Waals surface area contributed by atoms with Gasteiger partial charge in [-0.25, -0.2) is 4.57 Å². The molecule has 0 saturated heterocycles. The molecule has 0 fully saturated rings. The first-order valence-corrected chi connectivity index (χ1v) is 37.8. The number of ether oxygens (including phenoxy) is 2. The Balaban J connectivity index is 3.94. The van der Waals surface area contributed by atoms with Crippen molar-refractivity contribution in [3.8, 4) is 0 Å². The lowest BCUT2D eigenvalue weighted by atomic mass is 10.0. The Morgan fingerprint density at radius 2 is 0.571 bits per heavy atom. The van der Waals surface area contributed by atoms with Gasteiger partial charge >= 0.3 is 19.8 Å². The summed E-state index contributed by atoms with van der Waals surface area (Å²) < 4.78 is 33.2. The summed E-state index contributed by atoms with van der Waals surface area (Å²) >= 11 is 0. The van der Waals surface area contributed by atoms with Crippen LogP contribution in [0, 0.1) is 0 Å². The number of hydrogen-bond donors (Lipinski definition) is 2. The monoisotopic (exact) mass is 1280 g/mol. The van der Waals surface area contributed by atoms with E-state index >= 15 is 0 Å². The lowest BCUT2D eigenvalue weighted by Gasteiger charge is -2.19. The van der Waals surface area contributed by atoms with Crippen LogP contribution in [0.2, 0.25) is 0 Å². The number of phosphoric ester groups is 1. The molecule has 9 nitrogen and oxygen atoms in total. The molecule has 514 valence electrons. The zero-order valence-electron chi connectivity index (χ0n) is 57.8. The molecule has 0 aromatic carbocycles. The molecular formula is C81H132NO8P. The number of nitrogens with two attached hydrogens (primary N) is 1. The number of carbonyl (C=O) groups excluding carboxylic acids is 2. The van der Waals surface area contributed by atoms with E-state index in [0.717, 1.165) is 148 Å².